The molecule has 130 valence electrons. The molecule has 3 aromatic rings. The molecule has 7 nitrogen and oxygen atoms in total. The van der Waals surface area contributed by atoms with Crippen LogP contribution in [0.1, 0.15) is 31.7 Å². The Hall–Kier alpha value is -2.41. The van der Waals surface area contributed by atoms with Crippen molar-refractivity contribution in [2.75, 3.05) is 25.5 Å². The average Bonchev–Trinajstić information content (AvgIpc) is 2.93. The number of methoxy groups -OCH3 is 1. The van der Waals surface area contributed by atoms with Crippen molar-refractivity contribution in [1.82, 2.24) is 19.6 Å². The standard InChI is InChI=1S/C16H22N6O.CH4/c1-10-8-12(23-3)9-13-14(10)22-11(2)20-21-16(22)15(19-13)18-7-5-4-6-17;/h8-9H,4-7,17H2,1-3H3,(H,18,19);1H4. The zero-order chi connectivity index (χ0) is 16.4. The predicted molar refractivity (Wildman–Crippen MR) is 97.8 cm³/mol. The summed E-state index contributed by atoms with van der Waals surface area (Å²) < 4.78 is 7.41. The summed E-state index contributed by atoms with van der Waals surface area (Å²) in [6, 6.07) is 3.93. The van der Waals surface area contributed by atoms with E-state index in [-0.39, 0.29) is 7.43 Å². The first kappa shape index (κ1) is 17.9. The fourth-order valence-electron chi connectivity index (χ4n) is 2.77. The number of nitrogens with zero attached hydrogens (tertiary/aromatic N) is 4. The number of benzene rings is 1. The molecule has 0 saturated heterocycles. The van der Waals surface area contributed by atoms with Crippen molar-refractivity contribution in [3.05, 3.63) is 23.5 Å². The molecular formula is C17H26N6O. The molecule has 0 spiro atoms. The Morgan fingerprint density at radius 1 is 1.21 bits per heavy atom. The largest absolute Gasteiger partial charge is 0.497 e. The molecule has 0 amide bonds. The van der Waals surface area contributed by atoms with E-state index in [0.717, 1.165) is 59.0 Å². The molecule has 0 unspecified atom stereocenters. The normalized spacial score (nSPS) is 10.8. The number of hydrogen-bond acceptors (Lipinski definition) is 6. The van der Waals surface area contributed by atoms with E-state index >= 15 is 0 Å². The lowest BCUT2D eigenvalue weighted by molar-refractivity contribution is 0.415. The van der Waals surface area contributed by atoms with Crippen LogP contribution in [0, 0.1) is 13.8 Å². The van der Waals surface area contributed by atoms with Crippen LogP contribution in [0.3, 0.4) is 0 Å². The molecule has 0 aliphatic heterocycles. The fraction of sp³-hybridized carbons (Fsp3) is 0.471. The van der Waals surface area contributed by atoms with E-state index in [1.54, 1.807) is 7.11 Å². The van der Waals surface area contributed by atoms with Crippen molar-refractivity contribution in [2.45, 2.75) is 34.1 Å². The van der Waals surface area contributed by atoms with Crippen LogP contribution in [0.2, 0.25) is 0 Å². The molecule has 0 saturated carbocycles. The minimum atomic E-state index is 0. The van der Waals surface area contributed by atoms with Gasteiger partial charge in [0.05, 0.1) is 18.1 Å². The van der Waals surface area contributed by atoms with Crippen LogP contribution in [-0.2, 0) is 0 Å². The number of aryl methyl sites for hydroxylation is 2. The summed E-state index contributed by atoms with van der Waals surface area (Å²) in [5, 5.41) is 11.9. The van der Waals surface area contributed by atoms with E-state index in [1.165, 1.54) is 0 Å². The second-order valence-corrected chi connectivity index (χ2v) is 5.60. The SMILES string of the molecule is C.COc1cc(C)c2c(c1)nc(NCCCCN)c1nnc(C)n12. The van der Waals surface area contributed by atoms with Gasteiger partial charge in [0.2, 0.25) is 5.65 Å². The zero-order valence-corrected chi connectivity index (χ0v) is 13.8. The van der Waals surface area contributed by atoms with Crippen LogP contribution >= 0.6 is 0 Å². The second-order valence-electron chi connectivity index (χ2n) is 5.60. The van der Waals surface area contributed by atoms with Crippen LogP contribution < -0.4 is 15.8 Å². The number of anilines is 1. The molecule has 0 radical (unpaired) electrons. The average molecular weight is 330 g/mol. The molecule has 0 atom stereocenters. The van der Waals surface area contributed by atoms with Crippen molar-refractivity contribution >= 4 is 22.5 Å². The molecule has 0 fully saturated rings. The lowest BCUT2D eigenvalue weighted by Crippen LogP contribution is -2.09. The minimum absolute atomic E-state index is 0. The zero-order valence-electron chi connectivity index (χ0n) is 13.8. The molecular weight excluding hydrogens is 304 g/mol. The van der Waals surface area contributed by atoms with Crippen molar-refractivity contribution < 1.29 is 4.74 Å². The van der Waals surface area contributed by atoms with Crippen LogP contribution in [0.15, 0.2) is 12.1 Å². The number of unbranched alkanes of at least 4 members (excludes halogenated alkanes) is 1. The van der Waals surface area contributed by atoms with Crippen LogP contribution in [0.25, 0.3) is 16.7 Å². The molecule has 24 heavy (non-hydrogen) atoms. The van der Waals surface area contributed by atoms with E-state index in [0.29, 0.717) is 6.54 Å². The number of fused-ring (bicyclic) bond motifs is 3. The summed E-state index contributed by atoms with van der Waals surface area (Å²) in [6.07, 6.45) is 1.97. The van der Waals surface area contributed by atoms with Gasteiger partial charge in [-0.3, -0.25) is 4.40 Å². The van der Waals surface area contributed by atoms with Gasteiger partial charge in [0.15, 0.2) is 5.82 Å². The summed E-state index contributed by atoms with van der Waals surface area (Å²) in [4.78, 5) is 4.74. The van der Waals surface area contributed by atoms with Gasteiger partial charge in [-0.05, 0) is 44.9 Å². The topological polar surface area (TPSA) is 90.4 Å². The Bertz CT molecular complexity index is 842. The Morgan fingerprint density at radius 2 is 2.00 bits per heavy atom. The Labute approximate surface area is 142 Å². The van der Waals surface area contributed by atoms with E-state index in [1.807, 2.05) is 30.4 Å². The number of ether oxygens (including phenoxy) is 1. The highest BCUT2D eigenvalue weighted by atomic mass is 16.5. The monoisotopic (exact) mass is 330 g/mol. The number of hydrogen-bond donors (Lipinski definition) is 2. The van der Waals surface area contributed by atoms with Gasteiger partial charge in [-0.15, -0.1) is 10.2 Å². The first-order valence-corrected chi connectivity index (χ1v) is 7.79. The molecule has 2 aromatic heterocycles. The highest BCUT2D eigenvalue weighted by Crippen LogP contribution is 2.28. The van der Waals surface area contributed by atoms with E-state index < -0.39 is 0 Å². The van der Waals surface area contributed by atoms with Gasteiger partial charge in [-0.1, -0.05) is 7.43 Å². The Morgan fingerprint density at radius 3 is 2.71 bits per heavy atom. The third kappa shape index (κ3) is 3.12. The van der Waals surface area contributed by atoms with Crippen molar-refractivity contribution in [2.24, 2.45) is 5.73 Å². The Balaban J connectivity index is 0.00000208. The summed E-state index contributed by atoms with van der Waals surface area (Å²) in [5.41, 5.74) is 9.24. The Kier molecular flexibility index (Phi) is 5.56. The quantitative estimate of drug-likeness (QED) is 0.675. The molecule has 3 rings (SSSR count). The summed E-state index contributed by atoms with van der Waals surface area (Å²) in [5.74, 6) is 2.37. The number of aromatic nitrogens is 4. The van der Waals surface area contributed by atoms with Gasteiger partial charge >= 0.3 is 0 Å². The van der Waals surface area contributed by atoms with Gasteiger partial charge in [-0.25, -0.2) is 4.98 Å². The summed E-state index contributed by atoms with van der Waals surface area (Å²) >= 11 is 0. The van der Waals surface area contributed by atoms with Crippen molar-refractivity contribution in [1.29, 1.82) is 0 Å². The molecule has 2 heterocycles. The minimum Gasteiger partial charge on any atom is -0.497 e. The van der Waals surface area contributed by atoms with Crippen molar-refractivity contribution in [3.8, 4) is 5.75 Å². The van der Waals surface area contributed by atoms with Crippen LogP contribution in [0.4, 0.5) is 5.82 Å². The predicted octanol–water partition coefficient (Wildman–Crippen LogP) is 2.69. The molecule has 1 aromatic carbocycles. The van der Waals surface area contributed by atoms with Gasteiger partial charge in [-0.2, -0.15) is 0 Å². The first-order chi connectivity index (χ1) is 11.2. The first-order valence-electron chi connectivity index (χ1n) is 7.79. The number of nitrogens with two attached hydrogens (primary N) is 1. The molecule has 3 N–H and O–H groups in total. The van der Waals surface area contributed by atoms with E-state index in [9.17, 15) is 0 Å². The van der Waals surface area contributed by atoms with Crippen molar-refractivity contribution in [3.63, 3.8) is 0 Å². The maximum atomic E-state index is 5.54. The van der Waals surface area contributed by atoms with Gasteiger partial charge in [0.25, 0.3) is 0 Å². The van der Waals surface area contributed by atoms with Gasteiger partial charge in [0.1, 0.15) is 11.6 Å². The van der Waals surface area contributed by atoms with Crippen LogP contribution in [-0.4, -0.2) is 39.8 Å². The maximum Gasteiger partial charge on any atom is 0.204 e. The lowest BCUT2D eigenvalue weighted by Gasteiger charge is -2.12. The highest BCUT2D eigenvalue weighted by molar-refractivity contribution is 5.86. The van der Waals surface area contributed by atoms with E-state index in [4.69, 9.17) is 15.5 Å². The third-order valence-corrected chi connectivity index (χ3v) is 3.91. The molecule has 7 heteroatoms. The van der Waals surface area contributed by atoms with Gasteiger partial charge in [0, 0.05) is 12.6 Å². The highest BCUT2D eigenvalue weighted by Gasteiger charge is 2.15. The fourth-order valence-corrected chi connectivity index (χ4v) is 2.77. The molecule has 0 aliphatic carbocycles. The number of rotatable bonds is 6. The summed E-state index contributed by atoms with van der Waals surface area (Å²) in [7, 11) is 1.66. The number of nitrogens with one attached hydrogen (secondary N) is 1. The van der Waals surface area contributed by atoms with E-state index in [2.05, 4.69) is 15.5 Å². The summed E-state index contributed by atoms with van der Waals surface area (Å²) in [6.45, 7) is 5.49. The third-order valence-electron chi connectivity index (χ3n) is 3.91. The lowest BCUT2D eigenvalue weighted by atomic mass is 10.1. The molecule has 0 aliphatic rings. The van der Waals surface area contributed by atoms with Gasteiger partial charge < -0.3 is 15.8 Å². The van der Waals surface area contributed by atoms with Crippen LogP contribution in [0.5, 0.6) is 5.75 Å². The second kappa shape index (κ2) is 7.44. The smallest absolute Gasteiger partial charge is 0.204 e. The molecule has 0 bridgehead atoms. The maximum absolute atomic E-state index is 5.54.